The number of anilines is 4. The van der Waals surface area contributed by atoms with Crippen molar-refractivity contribution in [1.29, 1.82) is 0 Å². The van der Waals surface area contributed by atoms with E-state index in [0.29, 0.717) is 11.4 Å². The highest BCUT2D eigenvalue weighted by Gasteiger charge is 2.28. The highest BCUT2D eigenvalue weighted by atomic mass is 35.5. The first-order chi connectivity index (χ1) is 31.3. The maximum Gasteiger partial charge on any atom is 0.259 e. The molecule has 4 unspecified atom stereocenters. The fraction of sp³-hybridized carbons (Fsp3) is 0.217. The van der Waals surface area contributed by atoms with Gasteiger partial charge in [0.2, 0.25) is 12.1 Å². The van der Waals surface area contributed by atoms with Crippen molar-refractivity contribution in [2.75, 3.05) is 35.5 Å². The first kappa shape index (κ1) is 50.3. The molecule has 0 bridgehead atoms. The number of rotatable bonds is 18. The molecule has 4 atom stereocenters. The number of nitrogens with zero attached hydrogens (tertiary/aromatic N) is 4. The SMILES string of the molecule is COc1cc(NC(=O)C(N=Nc2cc(Cl)cc(C(=O)Nc3cccc(C(C)Cl)c3)c2)C(C)=O)cc(OC)c1NC(=O)C(N=Nc1cc(Cl)cc(C(=O)Nc2cccc(C(C)Cl)c2)c1)C(C)=O. The summed E-state index contributed by atoms with van der Waals surface area (Å²) < 4.78 is 11.0. The number of carbonyl (C=O) groups is 6. The quantitative estimate of drug-likeness (QED) is 0.0375. The van der Waals surface area contributed by atoms with Gasteiger partial charge in [0, 0.05) is 50.4 Å². The molecule has 342 valence electrons. The Morgan fingerprint density at radius 2 is 0.939 bits per heavy atom. The number of Topliss-reactive ketones (excluding diaryl/α,β-unsaturated/α-hetero) is 2. The maximum atomic E-state index is 13.6. The van der Waals surface area contributed by atoms with Gasteiger partial charge in [-0.3, -0.25) is 28.8 Å². The molecule has 0 aromatic heterocycles. The molecule has 0 aliphatic rings. The van der Waals surface area contributed by atoms with Gasteiger partial charge in [-0.2, -0.15) is 20.5 Å². The first-order valence-electron chi connectivity index (χ1n) is 19.8. The molecule has 0 saturated carbocycles. The number of methoxy groups -OCH3 is 2. The molecule has 5 aromatic rings. The van der Waals surface area contributed by atoms with E-state index in [1.54, 1.807) is 50.2 Å². The lowest BCUT2D eigenvalue weighted by Crippen LogP contribution is -2.32. The predicted octanol–water partition coefficient (Wildman–Crippen LogP) is 11.5. The van der Waals surface area contributed by atoms with Crippen LogP contribution in [0, 0.1) is 0 Å². The van der Waals surface area contributed by atoms with Crippen molar-refractivity contribution in [3.05, 3.63) is 129 Å². The molecule has 5 rings (SSSR count). The Morgan fingerprint density at radius 1 is 0.530 bits per heavy atom. The summed E-state index contributed by atoms with van der Waals surface area (Å²) in [5.41, 5.74) is 3.05. The van der Waals surface area contributed by atoms with Crippen LogP contribution in [0.2, 0.25) is 10.0 Å². The average Bonchev–Trinajstić information content (AvgIpc) is 3.26. The summed E-state index contributed by atoms with van der Waals surface area (Å²) in [5.74, 6) is -4.24. The van der Waals surface area contributed by atoms with Crippen LogP contribution in [0.4, 0.5) is 34.1 Å². The minimum Gasteiger partial charge on any atom is -0.494 e. The number of benzene rings is 5. The number of hydrogen-bond acceptors (Lipinski definition) is 12. The summed E-state index contributed by atoms with van der Waals surface area (Å²) in [6.45, 7) is 5.89. The number of carbonyl (C=O) groups excluding carboxylic acids is 6. The van der Waals surface area contributed by atoms with Crippen LogP contribution in [0.5, 0.6) is 11.5 Å². The number of nitrogens with one attached hydrogen (secondary N) is 4. The molecular weight excluding hydrogens is 934 g/mol. The van der Waals surface area contributed by atoms with Gasteiger partial charge in [0.1, 0.15) is 17.2 Å². The van der Waals surface area contributed by atoms with Gasteiger partial charge >= 0.3 is 0 Å². The average molecular weight is 977 g/mol. The fourth-order valence-electron chi connectivity index (χ4n) is 6.06. The van der Waals surface area contributed by atoms with Crippen molar-refractivity contribution in [1.82, 2.24) is 0 Å². The molecule has 20 heteroatoms. The highest BCUT2D eigenvalue weighted by molar-refractivity contribution is 6.32. The zero-order chi connectivity index (χ0) is 48.2. The van der Waals surface area contributed by atoms with Crippen LogP contribution < -0.4 is 30.7 Å². The fourth-order valence-corrected chi connectivity index (χ4v) is 6.79. The maximum absolute atomic E-state index is 13.6. The number of ether oxygens (including phenoxy) is 2. The van der Waals surface area contributed by atoms with E-state index in [-0.39, 0.29) is 66.2 Å². The Labute approximate surface area is 399 Å². The van der Waals surface area contributed by atoms with Crippen LogP contribution in [-0.4, -0.2) is 61.5 Å². The van der Waals surface area contributed by atoms with Gasteiger partial charge < -0.3 is 30.7 Å². The summed E-state index contributed by atoms with van der Waals surface area (Å²) in [6.07, 6.45) is 0. The van der Waals surface area contributed by atoms with Gasteiger partial charge in [0.05, 0.1) is 36.3 Å². The Kier molecular flexibility index (Phi) is 17.5. The first-order valence-corrected chi connectivity index (χ1v) is 21.4. The topological polar surface area (TPSA) is 218 Å². The molecule has 0 spiro atoms. The standard InChI is InChI=1S/C46H42Cl4N8O8/c1-23(47)27-9-7-11-33(15-27)51-43(61)29-13-31(49)19-36(17-29)55-57-40(25(3)59)45(63)53-35-21-38(65-5)42(39(22-35)66-6)54-46(64)41(26(4)60)58-56-37-18-30(14-32(50)20-37)44(62)52-34-12-8-10-28(16-34)24(2)48/h7-24,40-41H,1-6H3,(H,51,61)(H,52,62)(H,53,63)(H,54,64). The van der Waals surface area contributed by atoms with E-state index in [4.69, 9.17) is 55.9 Å². The molecule has 0 aliphatic heterocycles. The third-order valence-electron chi connectivity index (χ3n) is 9.36. The summed E-state index contributed by atoms with van der Waals surface area (Å²) in [7, 11) is 2.56. The number of alkyl halides is 2. The van der Waals surface area contributed by atoms with E-state index in [0.717, 1.165) is 25.0 Å². The summed E-state index contributed by atoms with van der Waals surface area (Å²) in [6, 6.07) is 21.7. The molecule has 0 aliphatic carbocycles. The predicted molar refractivity (Wildman–Crippen MR) is 255 cm³/mol. The third kappa shape index (κ3) is 13.7. The molecule has 66 heavy (non-hydrogen) atoms. The second kappa shape index (κ2) is 22.9. The number of ketones is 2. The van der Waals surface area contributed by atoms with Crippen molar-refractivity contribution >= 4 is 116 Å². The van der Waals surface area contributed by atoms with E-state index in [1.807, 2.05) is 12.1 Å². The van der Waals surface area contributed by atoms with E-state index < -0.39 is 47.3 Å². The highest BCUT2D eigenvalue weighted by Crippen LogP contribution is 2.39. The van der Waals surface area contributed by atoms with Crippen molar-refractivity contribution in [3.63, 3.8) is 0 Å². The van der Waals surface area contributed by atoms with Gasteiger partial charge in [0.25, 0.3) is 23.6 Å². The number of amides is 4. The molecule has 4 amide bonds. The molecule has 16 nitrogen and oxygen atoms in total. The smallest absolute Gasteiger partial charge is 0.259 e. The minimum absolute atomic E-state index is 0.0246. The van der Waals surface area contributed by atoms with Crippen LogP contribution >= 0.6 is 46.4 Å². The van der Waals surface area contributed by atoms with Crippen LogP contribution in [0.3, 0.4) is 0 Å². The summed E-state index contributed by atoms with van der Waals surface area (Å²) in [4.78, 5) is 78.7. The lowest BCUT2D eigenvalue weighted by molar-refractivity contribution is -0.127. The van der Waals surface area contributed by atoms with Gasteiger partial charge in [-0.1, -0.05) is 47.5 Å². The summed E-state index contributed by atoms with van der Waals surface area (Å²) >= 11 is 25.0. The molecule has 5 aromatic carbocycles. The molecular formula is C46H42Cl4N8O8. The van der Waals surface area contributed by atoms with Crippen LogP contribution in [-0.2, 0) is 19.2 Å². The second-order valence-electron chi connectivity index (χ2n) is 14.5. The molecule has 0 fully saturated rings. The van der Waals surface area contributed by atoms with Crippen molar-refractivity contribution in [2.45, 2.75) is 50.5 Å². The zero-order valence-electron chi connectivity index (χ0n) is 36.1. The van der Waals surface area contributed by atoms with E-state index in [9.17, 15) is 28.8 Å². The van der Waals surface area contributed by atoms with Gasteiger partial charge in [-0.05, 0) is 99.5 Å². The third-order valence-corrected chi connectivity index (χ3v) is 10.3. The molecule has 4 N–H and O–H groups in total. The van der Waals surface area contributed by atoms with E-state index in [1.165, 1.54) is 62.8 Å². The summed E-state index contributed by atoms with van der Waals surface area (Å²) in [5, 5.41) is 26.4. The zero-order valence-corrected chi connectivity index (χ0v) is 39.1. The Balaban J connectivity index is 1.30. The lowest BCUT2D eigenvalue weighted by atomic mass is 10.1. The minimum atomic E-state index is -1.68. The van der Waals surface area contributed by atoms with E-state index in [2.05, 4.69) is 41.7 Å². The van der Waals surface area contributed by atoms with Crippen LogP contribution in [0.1, 0.15) is 70.3 Å². The van der Waals surface area contributed by atoms with Crippen LogP contribution in [0.25, 0.3) is 0 Å². The Hall–Kier alpha value is -6.72. The largest absolute Gasteiger partial charge is 0.494 e. The monoisotopic (exact) mass is 974 g/mol. The Bertz CT molecular complexity index is 2720. The number of halogens is 4. The molecule has 0 saturated heterocycles. The van der Waals surface area contributed by atoms with Gasteiger partial charge in [-0.15, -0.1) is 23.2 Å². The molecule has 0 radical (unpaired) electrons. The van der Waals surface area contributed by atoms with Crippen molar-refractivity contribution < 1.29 is 38.2 Å². The van der Waals surface area contributed by atoms with Crippen molar-refractivity contribution in [3.8, 4) is 11.5 Å². The van der Waals surface area contributed by atoms with Crippen LogP contribution in [0.15, 0.2) is 118 Å². The van der Waals surface area contributed by atoms with Gasteiger partial charge in [-0.25, -0.2) is 0 Å². The lowest BCUT2D eigenvalue weighted by Gasteiger charge is -2.18. The second-order valence-corrected chi connectivity index (χ2v) is 16.7. The van der Waals surface area contributed by atoms with Gasteiger partial charge in [0.15, 0.2) is 11.6 Å². The Morgan fingerprint density at radius 3 is 1.32 bits per heavy atom. The molecule has 0 heterocycles. The number of hydrogen-bond donors (Lipinski definition) is 4. The normalized spacial score (nSPS) is 13.0. The number of azo groups is 2. The van der Waals surface area contributed by atoms with Crippen molar-refractivity contribution in [2.24, 2.45) is 20.5 Å². The van der Waals surface area contributed by atoms with E-state index >= 15 is 0 Å².